The van der Waals surface area contributed by atoms with Gasteiger partial charge in [-0.1, -0.05) is 44.2 Å². The van der Waals surface area contributed by atoms with Crippen molar-refractivity contribution in [3.05, 3.63) is 35.9 Å². The second-order valence-electron chi connectivity index (χ2n) is 4.99. The van der Waals surface area contributed by atoms with Crippen LogP contribution in [0.25, 0.3) is 0 Å². The summed E-state index contributed by atoms with van der Waals surface area (Å²) in [5, 5.41) is 3.33. The molecule has 20 heavy (non-hydrogen) atoms. The molecule has 0 aromatic heterocycles. The van der Waals surface area contributed by atoms with Gasteiger partial charge in [0.05, 0.1) is 13.2 Å². The van der Waals surface area contributed by atoms with Gasteiger partial charge < -0.3 is 9.05 Å². The maximum atomic E-state index is 13.0. The number of hydrogen-bond donors (Lipinski definition) is 1. The van der Waals surface area contributed by atoms with E-state index < -0.39 is 13.4 Å². The molecule has 1 unspecified atom stereocenters. The molecule has 0 amide bonds. The molecular weight excluding hydrogens is 273 g/mol. The summed E-state index contributed by atoms with van der Waals surface area (Å²) in [6, 6.07) is 9.70. The number of nitrogens with one attached hydrogen (secondary N) is 1. The second-order valence-corrected chi connectivity index (χ2v) is 7.10. The number of rotatable bonds is 9. The van der Waals surface area contributed by atoms with Gasteiger partial charge in [0, 0.05) is 0 Å². The molecule has 1 aromatic carbocycles. The lowest BCUT2D eigenvalue weighted by atomic mass is 10.2. The summed E-state index contributed by atoms with van der Waals surface area (Å²) in [4.78, 5) is 0. The third-order valence-corrected chi connectivity index (χ3v) is 5.12. The first kappa shape index (κ1) is 17.4. The molecule has 0 aliphatic heterocycles. The SMILES string of the molecule is CCOP(=O)(OCC)C(NCC(C)C)c1ccccc1. The van der Waals surface area contributed by atoms with Crippen LogP contribution in [0, 0.1) is 5.92 Å². The molecule has 0 saturated carbocycles. The highest BCUT2D eigenvalue weighted by atomic mass is 31.2. The highest BCUT2D eigenvalue weighted by Crippen LogP contribution is 2.59. The molecule has 0 radical (unpaired) electrons. The molecule has 0 heterocycles. The van der Waals surface area contributed by atoms with Gasteiger partial charge in [-0.2, -0.15) is 0 Å². The van der Waals surface area contributed by atoms with Crippen molar-refractivity contribution >= 4 is 7.60 Å². The molecule has 0 spiro atoms. The van der Waals surface area contributed by atoms with Crippen LogP contribution in [-0.4, -0.2) is 19.8 Å². The Balaban J connectivity index is 3.04. The Bertz CT molecular complexity index is 412. The Morgan fingerprint density at radius 3 is 2.10 bits per heavy atom. The van der Waals surface area contributed by atoms with Gasteiger partial charge in [-0.25, -0.2) is 0 Å². The van der Waals surface area contributed by atoms with Crippen molar-refractivity contribution in [1.82, 2.24) is 5.32 Å². The molecule has 0 aliphatic carbocycles. The molecule has 0 bridgehead atoms. The van der Waals surface area contributed by atoms with E-state index in [1.807, 2.05) is 44.2 Å². The lowest BCUT2D eigenvalue weighted by molar-refractivity contribution is 0.207. The predicted molar refractivity (Wildman–Crippen MR) is 82.9 cm³/mol. The number of benzene rings is 1. The first-order valence-corrected chi connectivity index (χ1v) is 8.81. The Labute approximate surface area is 122 Å². The minimum Gasteiger partial charge on any atom is -0.308 e. The molecular formula is C15H26NO3P. The van der Waals surface area contributed by atoms with Crippen LogP contribution in [0.3, 0.4) is 0 Å². The smallest absolute Gasteiger partial charge is 0.308 e. The minimum absolute atomic E-state index is 0.365. The van der Waals surface area contributed by atoms with Gasteiger partial charge in [0.25, 0.3) is 0 Å². The van der Waals surface area contributed by atoms with Crippen molar-refractivity contribution in [2.75, 3.05) is 19.8 Å². The van der Waals surface area contributed by atoms with E-state index in [4.69, 9.17) is 9.05 Å². The van der Waals surface area contributed by atoms with Crippen molar-refractivity contribution in [2.45, 2.75) is 33.5 Å². The highest BCUT2D eigenvalue weighted by Gasteiger charge is 2.36. The van der Waals surface area contributed by atoms with E-state index in [0.717, 1.165) is 12.1 Å². The van der Waals surface area contributed by atoms with Crippen molar-refractivity contribution in [2.24, 2.45) is 5.92 Å². The average molecular weight is 299 g/mol. The molecule has 1 N–H and O–H groups in total. The maximum absolute atomic E-state index is 13.0. The van der Waals surface area contributed by atoms with E-state index >= 15 is 0 Å². The van der Waals surface area contributed by atoms with Gasteiger partial charge in [0.2, 0.25) is 0 Å². The summed E-state index contributed by atoms with van der Waals surface area (Å²) >= 11 is 0. The normalized spacial score (nSPS) is 13.7. The van der Waals surface area contributed by atoms with Gasteiger partial charge >= 0.3 is 7.60 Å². The van der Waals surface area contributed by atoms with Crippen LogP contribution in [0.4, 0.5) is 0 Å². The zero-order valence-corrected chi connectivity index (χ0v) is 13.7. The molecule has 4 nitrogen and oxygen atoms in total. The molecule has 114 valence electrons. The maximum Gasteiger partial charge on any atom is 0.351 e. The summed E-state index contributed by atoms with van der Waals surface area (Å²) in [6.45, 7) is 9.37. The van der Waals surface area contributed by atoms with Gasteiger partial charge in [0.15, 0.2) is 0 Å². The first-order chi connectivity index (χ1) is 9.53. The third kappa shape index (κ3) is 5.02. The standard InChI is InChI=1S/C15H26NO3P/c1-5-18-20(17,19-6-2)15(16-12-13(3)4)14-10-8-7-9-11-14/h7-11,13,15-16H,5-6,12H2,1-4H3. The molecule has 0 fully saturated rings. The zero-order valence-electron chi connectivity index (χ0n) is 12.8. The Hall–Kier alpha value is -0.670. The molecule has 0 saturated heterocycles. The molecule has 0 aliphatic rings. The fourth-order valence-electron chi connectivity index (χ4n) is 1.94. The summed E-state index contributed by atoms with van der Waals surface area (Å²) < 4.78 is 24.0. The molecule has 5 heteroatoms. The Kier molecular flexibility index (Phi) is 7.46. The van der Waals surface area contributed by atoms with Crippen molar-refractivity contribution in [3.8, 4) is 0 Å². The largest absolute Gasteiger partial charge is 0.351 e. The van der Waals surface area contributed by atoms with E-state index in [9.17, 15) is 4.57 Å². The number of hydrogen-bond acceptors (Lipinski definition) is 4. The topological polar surface area (TPSA) is 47.6 Å². The van der Waals surface area contributed by atoms with E-state index in [1.165, 1.54) is 0 Å². The van der Waals surface area contributed by atoms with E-state index in [-0.39, 0.29) is 0 Å². The van der Waals surface area contributed by atoms with Crippen LogP contribution >= 0.6 is 7.60 Å². The van der Waals surface area contributed by atoms with Crippen molar-refractivity contribution < 1.29 is 13.6 Å². The summed E-state index contributed by atoms with van der Waals surface area (Å²) in [5.74, 6) is 0.0314. The lowest BCUT2D eigenvalue weighted by Gasteiger charge is -2.28. The van der Waals surface area contributed by atoms with E-state index in [1.54, 1.807) is 0 Å². The van der Waals surface area contributed by atoms with E-state index in [2.05, 4.69) is 19.2 Å². The summed E-state index contributed by atoms with van der Waals surface area (Å²) in [7, 11) is -3.22. The predicted octanol–water partition coefficient (Wildman–Crippen LogP) is 4.20. The van der Waals surface area contributed by atoms with Crippen LogP contribution in [0.15, 0.2) is 30.3 Å². The first-order valence-electron chi connectivity index (χ1n) is 7.20. The Morgan fingerprint density at radius 1 is 1.10 bits per heavy atom. The average Bonchev–Trinajstić information content (AvgIpc) is 2.40. The van der Waals surface area contributed by atoms with Crippen molar-refractivity contribution in [3.63, 3.8) is 0 Å². The van der Waals surface area contributed by atoms with Gasteiger partial charge in [-0.3, -0.25) is 9.88 Å². The van der Waals surface area contributed by atoms with Crippen LogP contribution < -0.4 is 5.32 Å². The fraction of sp³-hybridized carbons (Fsp3) is 0.600. The monoisotopic (exact) mass is 299 g/mol. The summed E-state index contributed by atoms with van der Waals surface area (Å²) in [6.07, 6.45) is 0. The van der Waals surface area contributed by atoms with Crippen LogP contribution in [0.1, 0.15) is 39.0 Å². The highest BCUT2D eigenvalue weighted by molar-refractivity contribution is 7.54. The van der Waals surface area contributed by atoms with Gasteiger partial charge in [-0.05, 0) is 31.9 Å². The quantitative estimate of drug-likeness (QED) is 0.694. The second kappa shape index (κ2) is 8.58. The van der Waals surface area contributed by atoms with Gasteiger partial charge in [-0.15, -0.1) is 0 Å². The van der Waals surface area contributed by atoms with Crippen LogP contribution in [-0.2, 0) is 13.6 Å². The minimum atomic E-state index is -3.22. The van der Waals surface area contributed by atoms with Crippen molar-refractivity contribution in [1.29, 1.82) is 0 Å². The van der Waals surface area contributed by atoms with Crippen LogP contribution in [0.2, 0.25) is 0 Å². The summed E-state index contributed by atoms with van der Waals surface area (Å²) in [5.41, 5.74) is 0.929. The van der Waals surface area contributed by atoms with Gasteiger partial charge in [0.1, 0.15) is 5.78 Å². The third-order valence-electron chi connectivity index (χ3n) is 2.77. The lowest BCUT2D eigenvalue weighted by Crippen LogP contribution is -2.27. The zero-order chi connectivity index (χ0) is 15.0. The fourth-order valence-corrected chi connectivity index (χ4v) is 3.90. The molecule has 1 aromatic rings. The molecule has 1 rings (SSSR count). The Morgan fingerprint density at radius 2 is 1.65 bits per heavy atom. The van der Waals surface area contributed by atoms with Crippen LogP contribution in [0.5, 0.6) is 0 Å². The van der Waals surface area contributed by atoms with E-state index in [0.29, 0.717) is 19.1 Å². The molecule has 1 atom stereocenters.